The lowest BCUT2D eigenvalue weighted by Gasteiger charge is -2.28. The lowest BCUT2D eigenvalue weighted by molar-refractivity contribution is -0.134. The molecule has 24 heavy (non-hydrogen) atoms. The van der Waals surface area contributed by atoms with Gasteiger partial charge in [-0.15, -0.1) is 0 Å². The van der Waals surface area contributed by atoms with Crippen LogP contribution in [-0.4, -0.2) is 33.5 Å². The van der Waals surface area contributed by atoms with E-state index in [0.29, 0.717) is 30.2 Å². The van der Waals surface area contributed by atoms with Gasteiger partial charge in [0, 0.05) is 30.5 Å². The predicted octanol–water partition coefficient (Wildman–Crippen LogP) is 3.46. The molecule has 1 heterocycles. The molecule has 0 saturated heterocycles. The Bertz CT molecular complexity index is 695. The van der Waals surface area contributed by atoms with E-state index in [0.717, 1.165) is 19.3 Å². The maximum Gasteiger partial charge on any atom is 0.228 e. The molecule has 0 aliphatic heterocycles. The van der Waals surface area contributed by atoms with E-state index in [1.807, 2.05) is 4.90 Å². The maximum atomic E-state index is 13.0. The number of hydrogen-bond acceptors (Lipinski definition) is 4. The highest BCUT2D eigenvalue weighted by Gasteiger charge is 2.34. The summed E-state index contributed by atoms with van der Waals surface area (Å²) in [5, 5.41) is 3.94. The number of aromatic nitrogens is 2. The quantitative estimate of drug-likeness (QED) is 0.779. The van der Waals surface area contributed by atoms with Gasteiger partial charge in [-0.25, -0.2) is 4.39 Å². The molecule has 0 radical (unpaired) electrons. The van der Waals surface area contributed by atoms with Gasteiger partial charge in [-0.2, -0.15) is 4.98 Å². The van der Waals surface area contributed by atoms with Gasteiger partial charge in [-0.1, -0.05) is 12.1 Å². The van der Waals surface area contributed by atoms with Crippen LogP contribution in [0, 0.1) is 11.7 Å². The molecule has 3 rings (SSSR count). The number of carbonyl (C=O) groups excluding carboxylic acids is 1. The highest BCUT2D eigenvalue weighted by atomic mass is 19.1. The molecule has 0 bridgehead atoms. The SMILES string of the molecule is CCC(C)N(CCc1nc(-c2ccc(F)cc2)no1)C(=O)C1CC1. The van der Waals surface area contributed by atoms with Gasteiger partial charge in [0.2, 0.25) is 17.6 Å². The standard InChI is InChI=1S/C18H22FN3O2/c1-3-12(2)22(18(23)14-4-5-14)11-10-16-20-17(21-24-16)13-6-8-15(19)9-7-13/h6-9,12,14H,3-5,10-11H2,1-2H3. The maximum absolute atomic E-state index is 13.0. The Balaban J connectivity index is 1.64. The van der Waals surface area contributed by atoms with Crippen molar-refractivity contribution in [1.29, 1.82) is 0 Å². The van der Waals surface area contributed by atoms with Crippen molar-refractivity contribution in [1.82, 2.24) is 15.0 Å². The average molecular weight is 331 g/mol. The highest BCUT2D eigenvalue weighted by Crippen LogP contribution is 2.32. The molecule has 5 nitrogen and oxygen atoms in total. The van der Waals surface area contributed by atoms with E-state index in [1.165, 1.54) is 12.1 Å². The first kappa shape index (κ1) is 16.6. The van der Waals surface area contributed by atoms with Crippen LogP contribution in [0.5, 0.6) is 0 Å². The Hall–Kier alpha value is -2.24. The van der Waals surface area contributed by atoms with Crippen molar-refractivity contribution >= 4 is 5.91 Å². The number of rotatable bonds is 7. The molecule has 1 saturated carbocycles. The third kappa shape index (κ3) is 3.80. The zero-order valence-corrected chi connectivity index (χ0v) is 14.0. The molecule has 1 fully saturated rings. The van der Waals surface area contributed by atoms with Gasteiger partial charge in [-0.05, 0) is 50.5 Å². The minimum atomic E-state index is -0.301. The fourth-order valence-electron chi connectivity index (χ4n) is 2.62. The lowest BCUT2D eigenvalue weighted by atomic mass is 10.2. The molecule has 1 aliphatic carbocycles. The van der Waals surface area contributed by atoms with E-state index in [-0.39, 0.29) is 23.7 Å². The second-order valence-electron chi connectivity index (χ2n) is 6.33. The third-order valence-corrected chi connectivity index (χ3v) is 4.47. The molecular formula is C18H22FN3O2. The molecule has 1 unspecified atom stereocenters. The van der Waals surface area contributed by atoms with Crippen LogP contribution in [0.25, 0.3) is 11.4 Å². The predicted molar refractivity (Wildman–Crippen MR) is 87.6 cm³/mol. The smallest absolute Gasteiger partial charge is 0.228 e. The van der Waals surface area contributed by atoms with E-state index in [1.54, 1.807) is 12.1 Å². The summed E-state index contributed by atoms with van der Waals surface area (Å²) in [6.07, 6.45) is 3.45. The van der Waals surface area contributed by atoms with Gasteiger partial charge < -0.3 is 9.42 Å². The van der Waals surface area contributed by atoms with Crippen LogP contribution >= 0.6 is 0 Å². The monoisotopic (exact) mass is 331 g/mol. The topological polar surface area (TPSA) is 59.2 Å². The summed E-state index contributed by atoms with van der Waals surface area (Å²) in [4.78, 5) is 18.7. The zero-order valence-electron chi connectivity index (χ0n) is 14.0. The molecule has 0 spiro atoms. The fraction of sp³-hybridized carbons (Fsp3) is 0.500. The Morgan fingerprint density at radius 3 is 2.71 bits per heavy atom. The summed E-state index contributed by atoms with van der Waals surface area (Å²) in [6, 6.07) is 6.17. The Morgan fingerprint density at radius 1 is 1.38 bits per heavy atom. The Kier molecular flexibility index (Phi) is 4.92. The summed E-state index contributed by atoms with van der Waals surface area (Å²) in [5.41, 5.74) is 0.708. The first-order valence-corrected chi connectivity index (χ1v) is 8.47. The molecule has 128 valence electrons. The number of halogens is 1. The van der Waals surface area contributed by atoms with E-state index < -0.39 is 0 Å². The molecule has 2 aromatic rings. The van der Waals surface area contributed by atoms with Gasteiger partial charge >= 0.3 is 0 Å². The normalized spacial score (nSPS) is 15.3. The number of hydrogen-bond donors (Lipinski definition) is 0. The van der Waals surface area contributed by atoms with Crippen molar-refractivity contribution < 1.29 is 13.7 Å². The Labute approximate surface area is 140 Å². The van der Waals surface area contributed by atoms with Crippen molar-refractivity contribution in [2.24, 2.45) is 5.92 Å². The van der Waals surface area contributed by atoms with Crippen LogP contribution in [0.2, 0.25) is 0 Å². The second kappa shape index (κ2) is 7.11. The average Bonchev–Trinajstić information content (AvgIpc) is 3.34. The first-order valence-electron chi connectivity index (χ1n) is 8.47. The summed E-state index contributed by atoms with van der Waals surface area (Å²) >= 11 is 0. The summed E-state index contributed by atoms with van der Waals surface area (Å²) in [5.74, 6) is 1.07. The highest BCUT2D eigenvalue weighted by molar-refractivity contribution is 5.81. The van der Waals surface area contributed by atoms with E-state index in [4.69, 9.17) is 4.52 Å². The van der Waals surface area contributed by atoms with Gasteiger partial charge in [0.05, 0.1) is 0 Å². The van der Waals surface area contributed by atoms with Gasteiger partial charge in [0.1, 0.15) is 5.82 Å². The van der Waals surface area contributed by atoms with Gasteiger partial charge in [0.15, 0.2) is 0 Å². The van der Waals surface area contributed by atoms with Crippen molar-refractivity contribution in [2.75, 3.05) is 6.54 Å². The summed E-state index contributed by atoms with van der Waals surface area (Å²) in [7, 11) is 0. The first-order chi connectivity index (χ1) is 11.6. The van der Waals surface area contributed by atoms with Crippen LogP contribution in [0.4, 0.5) is 4.39 Å². The minimum absolute atomic E-state index is 0.205. The number of amides is 1. The van der Waals surface area contributed by atoms with Crippen molar-refractivity contribution in [2.45, 2.75) is 45.6 Å². The van der Waals surface area contributed by atoms with Crippen LogP contribution in [0.15, 0.2) is 28.8 Å². The summed E-state index contributed by atoms with van der Waals surface area (Å²) in [6.45, 7) is 4.73. The van der Waals surface area contributed by atoms with Gasteiger partial charge in [-0.3, -0.25) is 4.79 Å². The minimum Gasteiger partial charge on any atom is -0.339 e. The molecule has 6 heteroatoms. The van der Waals surface area contributed by atoms with Crippen LogP contribution in [0.3, 0.4) is 0 Å². The van der Waals surface area contributed by atoms with Crippen LogP contribution in [0.1, 0.15) is 39.0 Å². The largest absolute Gasteiger partial charge is 0.339 e. The van der Waals surface area contributed by atoms with E-state index in [9.17, 15) is 9.18 Å². The molecule has 1 amide bonds. The van der Waals surface area contributed by atoms with Crippen molar-refractivity contribution in [3.05, 3.63) is 36.0 Å². The fourth-order valence-corrected chi connectivity index (χ4v) is 2.62. The van der Waals surface area contributed by atoms with Crippen molar-refractivity contribution in [3.63, 3.8) is 0 Å². The molecular weight excluding hydrogens is 309 g/mol. The van der Waals surface area contributed by atoms with E-state index >= 15 is 0 Å². The lowest BCUT2D eigenvalue weighted by Crippen LogP contribution is -2.40. The summed E-state index contributed by atoms with van der Waals surface area (Å²) < 4.78 is 18.2. The van der Waals surface area contributed by atoms with Gasteiger partial charge in [0.25, 0.3) is 0 Å². The van der Waals surface area contributed by atoms with Crippen LogP contribution < -0.4 is 0 Å². The molecule has 1 atom stereocenters. The molecule has 0 N–H and O–H groups in total. The molecule has 1 aromatic heterocycles. The van der Waals surface area contributed by atoms with Crippen LogP contribution in [-0.2, 0) is 11.2 Å². The molecule has 1 aliphatic rings. The third-order valence-electron chi connectivity index (χ3n) is 4.47. The second-order valence-corrected chi connectivity index (χ2v) is 6.33. The Morgan fingerprint density at radius 2 is 2.08 bits per heavy atom. The zero-order chi connectivity index (χ0) is 17.1. The van der Waals surface area contributed by atoms with E-state index in [2.05, 4.69) is 24.0 Å². The number of benzene rings is 1. The number of carbonyl (C=O) groups is 1. The molecule has 1 aromatic carbocycles. The number of nitrogens with zero attached hydrogens (tertiary/aromatic N) is 3. The van der Waals surface area contributed by atoms with Crippen molar-refractivity contribution in [3.8, 4) is 11.4 Å².